The molecule has 1 atom stereocenters. The summed E-state index contributed by atoms with van der Waals surface area (Å²) in [5.41, 5.74) is -0.682. The van der Waals surface area contributed by atoms with E-state index >= 15 is 0 Å². The van der Waals surface area contributed by atoms with Crippen molar-refractivity contribution in [1.82, 2.24) is 0 Å². The zero-order valence-electron chi connectivity index (χ0n) is 9.46. The molecule has 1 aromatic carbocycles. The summed E-state index contributed by atoms with van der Waals surface area (Å²) in [5, 5.41) is 10.1. The first kappa shape index (κ1) is 13.4. The molecule has 16 heavy (non-hydrogen) atoms. The Morgan fingerprint density at radius 1 is 1.50 bits per heavy atom. The molecule has 4 heteroatoms. The van der Waals surface area contributed by atoms with Gasteiger partial charge in [0.05, 0.1) is 17.2 Å². The number of benzene rings is 1. The molecule has 0 saturated carbocycles. The van der Waals surface area contributed by atoms with Crippen LogP contribution in [0.25, 0.3) is 0 Å². The van der Waals surface area contributed by atoms with E-state index in [2.05, 4.69) is 0 Å². The second-order valence-corrected chi connectivity index (χ2v) is 4.43. The second-order valence-electron chi connectivity index (χ2n) is 4.02. The molecule has 0 fully saturated rings. The maximum Gasteiger partial charge on any atom is 0.145 e. The molecule has 1 aromatic rings. The highest BCUT2D eigenvalue weighted by Gasteiger charge is 2.23. The summed E-state index contributed by atoms with van der Waals surface area (Å²) in [7, 11) is 0. The predicted molar refractivity (Wildman–Crippen MR) is 62.2 cm³/mol. The van der Waals surface area contributed by atoms with Crippen LogP contribution >= 0.6 is 11.6 Å². The summed E-state index contributed by atoms with van der Waals surface area (Å²) >= 11 is 5.66. The van der Waals surface area contributed by atoms with Gasteiger partial charge in [-0.05, 0) is 25.5 Å². The van der Waals surface area contributed by atoms with Crippen LogP contribution < -0.4 is 0 Å². The summed E-state index contributed by atoms with van der Waals surface area (Å²) in [6.45, 7) is 4.16. The molecular weight excluding hydrogens is 231 g/mol. The van der Waals surface area contributed by atoms with Gasteiger partial charge in [0.15, 0.2) is 0 Å². The molecule has 0 aromatic heterocycles. The smallest absolute Gasteiger partial charge is 0.145 e. The zero-order chi connectivity index (χ0) is 12.2. The van der Waals surface area contributed by atoms with Gasteiger partial charge in [0.25, 0.3) is 0 Å². The number of hydrogen-bond donors (Lipinski definition) is 1. The lowest BCUT2D eigenvalue weighted by Crippen LogP contribution is -2.33. The van der Waals surface area contributed by atoms with Gasteiger partial charge >= 0.3 is 0 Å². The molecule has 0 bridgehead atoms. The first-order valence-corrected chi connectivity index (χ1v) is 5.57. The largest absolute Gasteiger partial charge is 0.387 e. The standard InChI is InChI=1S/C12H16ClFO2/c1-3-16-8-12(2,15)7-9-5-4-6-10(13)11(9)14/h4-6,15H,3,7-8H2,1-2H3. The molecule has 0 saturated heterocycles. The fraction of sp³-hybridized carbons (Fsp3) is 0.500. The van der Waals surface area contributed by atoms with Crippen LogP contribution in [0.4, 0.5) is 4.39 Å². The van der Waals surface area contributed by atoms with Crippen LogP contribution in [0.2, 0.25) is 5.02 Å². The minimum Gasteiger partial charge on any atom is -0.387 e. The molecular formula is C12H16ClFO2. The average Bonchev–Trinajstić information content (AvgIpc) is 2.22. The van der Waals surface area contributed by atoms with Gasteiger partial charge in [0, 0.05) is 13.0 Å². The predicted octanol–water partition coefficient (Wildman–Crippen LogP) is 2.81. The topological polar surface area (TPSA) is 29.5 Å². The van der Waals surface area contributed by atoms with Crippen molar-refractivity contribution in [3.63, 3.8) is 0 Å². The van der Waals surface area contributed by atoms with Crippen molar-refractivity contribution in [2.75, 3.05) is 13.2 Å². The van der Waals surface area contributed by atoms with Gasteiger partial charge in [0.1, 0.15) is 5.82 Å². The van der Waals surface area contributed by atoms with Crippen molar-refractivity contribution in [3.8, 4) is 0 Å². The molecule has 0 radical (unpaired) electrons. The first-order valence-electron chi connectivity index (χ1n) is 5.19. The van der Waals surface area contributed by atoms with E-state index in [4.69, 9.17) is 16.3 Å². The van der Waals surface area contributed by atoms with Crippen LogP contribution in [0.5, 0.6) is 0 Å². The zero-order valence-corrected chi connectivity index (χ0v) is 10.2. The van der Waals surface area contributed by atoms with Gasteiger partial charge in [-0.2, -0.15) is 0 Å². The second kappa shape index (κ2) is 5.62. The molecule has 0 spiro atoms. The normalized spacial score (nSPS) is 14.8. The van der Waals surface area contributed by atoms with Crippen molar-refractivity contribution in [2.24, 2.45) is 0 Å². The lowest BCUT2D eigenvalue weighted by atomic mass is 9.97. The Morgan fingerprint density at radius 2 is 2.19 bits per heavy atom. The Bertz CT molecular complexity index is 353. The van der Waals surface area contributed by atoms with Crippen LogP contribution in [0.15, 0.2) is 18.2 Å². The van der Waals surface area contributed by atoms with Crippen molar-refractivity contribution in [1.29, 1.82) is 0 Å². The van der Waals surface area contributed by atoms with E-state index in [-0.39, 0.29) is 18.1 Å². The highest BCUT2D eigenvalue weighted by Crippen LogP contribution is 2.22. The molecule has 0 heterocycles. The van der Waals surface area contributed by atoms with E-state index in [0.717, 1.165) is 0 Å². The summed E-state index contributed by atoms with van der Waals surface area (Å²) in [6, 6.07) is 4.76. The Balaban J connectivity index is 2.75. The monoisotopic (exact) mass is 246 g/mol. The lowest BCUT2D eigenvalue weighted by Gasteiger charge is -2.23. The SMILES string of the molecule is CCOCC(C)(O)Cc1cccc(Cl)c1F. The van der Waals surface area contributed by atoms with Crippen LogP contribution in [0, 0.1) is 5.82 Å². The molecule has 0 amide bonds. The Labute approximate surface area is 100.0 Å². The van der Waals surface area contributed by atoms with Crippen molar-refractivity contribution < 1.29 is 14.2 Å². The summed E-state index contributed by atoms with van der Waals surface area (Å²) in [5.74, 6) is -0.471. The Morgan fingerprint density at radius 3 is 2.81 bits per heavy atom. The summed E-state index contributed by atoms with van der Waals surface area (Å²) in [4.78, 5) is 0. The van der Waals surface area contributed by atoms with Gasteiger partial charge in [-0.25, -0.2) is 4.39 Å². The van der Waals surface area contributed by atoms with E-state index in [1.807, 2.05) is 6.92 Å². The molecule has 90 valence electrons. The third kappa shape index (κ3) is 3.74. The minimum atomic E-state index is -1.08. The fourth-order valence-corrected chi connectivity index (χ4v) is 1.66. The number of aliphatic hydroxyl groups is 1. The van der Waals surface area contributed by atoms with Gasteiger partial charge in [-0.3, -0.25) is 0 Å². The quantitative estimate of drug-likeness (QED) is 0.866. The van der Waals surface area contributed by atoms with Crippen molar-refractivity contribution in [2.45, 2.75) is 25.9 Å². The first-order chi connectivity index (χ1) is 7.46. The number of rotatable bonds is 5. The van der Waals surface area contributed by atoms with Crippen LogP contribution in [0.1, 0.15) is 19.4 Å². The number of ether oxygens (including phenoxy) is 1. The Kier molecular flexibility index (Phi) is 4.71. The summed E-state index contributed by atoms with van der Waals surface area (Å²) < 4.78 is 18.7. The highest BCUT2D eigenvalue weighted by atomic mass is 35.5. The van der Waals surface area contributed by atoms with Gasteiger partial charge in [0.2, 0.25) is 0 Å². The van der Waals surface area contributed by atoms with E-state index in [1.165, 1.54) is 6.07 Å². The molecule has 1 unspecified atom stereocenters. The van der Waals surface area contributed by atoms with E-state index in [9.17, 15) is 9.50 Å². The molecule has 1 N–H and O–H groups in total. The third-order valence-corrected chi connectivity index (χ3v) is 2.51. The maximum atomic E-state index is 13.6. The van der Waals surface area contributed by atoms with Gasteiger partial charge in [-0.15, -0.1) is 0 Å². The number of hydrogen-bond acceptors (Lipinski definition) is 2. The van der Waals surface area contributed by atoms with Gasteiger partial charge < -0.3 is 9.84 Å². The molecule has 0 aliphatic carbocycles. The van der Waals surface area contributed by atoms with Crippen molar-refractivity contribution >= 4 is 11.6 Å². The Hall–Kier alpha value is -0.640. The maximum absolute atomic E-state index is 13.6. The lowest BCUT2D eigenvalue weighted by molar-refractivity contribution is -0.0301. The third-order valence-electron chi connectivity index (χ3n) is 2.22. The van der Waals surface area contributed by atoms with E-state index in [0.29, 0.717) is 12.2 Å². The van der Waals surface area contributed by atoms with E-state index in [1.54, 1.807) is 19.1 Å². The molecule has 2 nitrogen and oxygen atoms in total. The average molecular weight is 247 g/mol. The molecule has 0 aliphatic heterocycles. The van der Waals surface area contributed by atoms with Crippen LogP contribution in [-0.4, -0.2) is 23.9 Å². The van der Waals surface area contributed by atoms with Gasteiger partial charge in [-0.1, -0.05) is 23.7 Å². The molecule has 1 rings (SSSR count). The number of halogens is 2. The molecule has 0 aliphatic rings. The van der Waals surface area contributed by atoms with Crippen LogP contribution in [0.3, 0.4) is 0 Å². The van der Waals surface area contributed by atoms with E-state index < -0.39 is 11.4 Å². The minimum absolute atomic E-state index is 0.0738. The highest BCUT2D eigenvalue weighted by molar-refractivity contribution is 6.30. The summed E-state index contributed by atoms with van der Waals surface area (Å²) in [6.07, 6.45) is 0.180. The van der Waals surface area contributed by atoms with Crippen molar-refractivity contribution in [3.05, 3.63) is 34.6 Å². The van der Waals surface area contributed by atoms with Crippen LogP contribution in [-0.2, 0) is 11.2 Å². The fourth-order valence-electron chi connectivity index (χ4n) is 1.47.